The minimum atomic E-state index is -0.264. The van der Waals surface area contributed by atoms with Crippen LogP contribution in [0, 0.1) is 17.1 Å². The van der Waals surface area contributed by atoms with Crippen LogP contribution in [0.5, 0.6) is 0 Å². The Morgan fingerprint density at radius 3 is 3.08 bits per heavy atom. The Morgan fingerprint density at radius 2 is 2.58 bits per heavy atom. The van der Waals surface area contributed by atoms with Crippen molar-refractivity contribution in [1.82, 2.24) is 15.3 Å². The highest BCUT2D eigenvalue weighted by molar-refractivity contribution is 7.71. The van der Waals surface area contributed by atoms with Gasteiger partial charge < -0.3 is 15.3 Å². The molecule has 1 rings (SSSR count). The smallest absolute Gasteiger partial charge is 0.270 e. The Balaban J connectivity index is 2.67. The quantitative estimate of drug-likeness (QED) is 0.458. The zero-order valence-corrected chi connectivity index (χ0v) is 6.99. The molecule has 0 aliphatic rings. The van der Waals surface area contributed by atoms with Gasteiger partial charge >= 0.3 is 0 Å². The summed E-state index contributed by atoms with van der Waals surface area (Å²) in [7, 11) is 0. The molecule has 1 aromatic heterocycles. The van der Waals surface area contributed by atoms with Crippen LogP contribution in [0.3, 0.4) is 0 Å². The fourth-order valence-corrected chi connectivity index (χ4v) is 0.850. The summed E-state index contributed by atoms with van der Waals surface area (Å²) in [6.07, 6.45) is 6.45. The molecule has 5 heteroatoms. The Morgan fingerprint density at radius 1 is 1.83 bits per heavy atom. The molecule has 0 radical (unpaired) electrons. The van der Waals surface area contributed by atoms with Crippen molar-refractivity contribution in [3.8, 4) is 12.3 Å². The highest BCUT2D eigenvalue weighted by Gasteiger charge is 2.03. The second-order valence-corrected chi connectivity index (χ2v) is 2.45. The lowest BCUT2D eigenvalue weighted by molar-refractivity contribution is 0.0954. The van der Waals surface area contributed by atoms with Crippen LogP contribution in [-0.4, -0.2) is 22.4 Å². The Hall–Kier alpha value is -1.54. The van der Waals surface area contributed by atoms with Gasteiger partial charge in [-0.05, 0) is 12.2 Å². The molecule has 3 N–H and O–H groups in total. The number of carbonyl (C=O) groups excluding carboxylic acids is 1. The van der Waals surface area contributed by atoms with E-state index in [2.05, 4.69) is 21.2 Å². The molecule has 1 heterocycles. The number of aromatic amines is 2. The molecule has 0 saturated carbocycles. The summed E-state index contributed by atoms with van der Waals surface area (Å²) in [4.78, 5) is 16.4. The third kappa shape index (κ3) is 1.97. The summed E-state index contributed by atoms with van der Waals surface area (Å²) in [5.41, 5.74) is 0.384. The Bertz CT molecular complexity index is 370. The highest BCUT2D eigenvalue weighted by Crippen LogP contribution is 1.91. The maximum Gasteiger partial charge on any atom is 0.270 e. The number of hydrogen-bond acceptors (Lipinski definition) is 2. The minimum absolute atomic E-state index is 0.213. The second-order valence-electron chi connectivity index (χ2n) is 2.04. The highest BCUT2D eigenvalue weighted by atomic mass is 32.1. The van der Waals surface area contributed by atoms with Crippen molar-refractivity contribution < 1.29 is 4.79 Å². The molecule has 0 aromatic carbocycles. The van der Waals surface area contributed by atoms with Crippen LogP contribution in [0.4, 0.5) is 0 Å². The zero-order valence-electron chi connectivity index (χ0n) is 6.18. The van der Waals surface area contributed by atoms with Crippen molar-refractivity contribution in [2.45, 2.75) is 0 Å². The summed E-state index contributed by atoms with van der Waals surface area (Å²) in [5.74, 6) is 2.03. The summed E-state index contributed by atoms with van der Waals surface area (Å²) in [6.45, 7) is 0.213. The van der Waals surface area contributed by atoms with Crippen LogP contribution in [0.2, 0.25) is 0 Å². The van der Waals surface area contributed by atoms with Crippen LogP contribution >= 0.6 is 12.2 Å². The Kier molecular flexibility index (Phi) is 2.66. The monoisotopic (exact) mass is 181 g/mol. The van der Waals surface area contributed by atoms with Gasteiger partial charge in [0.2, 0.25) is 0 Å². The first-order valence-corrected chi connectivity index (χ1v) is 3.64. The topological polar surface area (TPSA) is 60.7 Å². The van der Waals surface area contributed by atoms with Crippen molar-refractivity contribution >= 4 is 18.1 Å². The summed E-state index contributed by atoms with van der Waals surface area (Å²) >= 11 is 4.73. The van der Waals surface area contributed by atoms with E-state index in [-0.39, 0.29) is 12.5 Å². The largest absolute Gasteiger partial charge is 0.340 e. The maximum atomic E-state index is 11.1. The van der Waals surface area contributed by atoms with E-state index in [1.807, 2.05) is 0 Å². The molecule has 62 valence electrons. The maximum absolute atomic E-state index is 11.1. The SMILES string of the molecule is C#CCNC(=O)c1c[nH]c(=S)[nH]1. The Labute approximate surface area is 74.4 Å². The number of imidazole rings is 1. The third-order valence-corrected chi connectivity index (χ3v) is 1.41. The molecule has 1 aromatic rings. The van der Waals surface area contributed by atoms with Crippen molar-refractivity contribution in [1.29, 1.82) is 0 Å². The second kappa shape index (κ2) is 3.74. The van der Waals surface area contributed by atoms with Crippen LogP contribution in [0.15, 0.2) is 6.20 Å². The third-order valence-electron chi connectivity index (χ3n) is 1.19. The van der Waals surface area contributed by atoms with Gasteiger partial charge in [0.25, 0.3) is 5.91 Å². The van der Waals surface area contributed by atoms with E-state index in [9.17, 15) is 4.79 Å². The average Bonchev–Trinajstić information content (AvgIpc) is 2.47. The molecule has 0 fully saturated rings. The number of rotatable bonds is 2. The molecule has 12 heavy (non-hydrogen) atoms. The fourth-order valence-electron chi connectivity index (χ4n) is 0.681. The molecular formula is C7H7N3OS. The van der Waals surface area contributed by atoms with Gasteiger partial charge in [0.15, 0.2) is 4.77 Å². The number of H-pyrrole nitrogens is 2. The molecule has 0 aliphatic carbocycles. The fraction of sp³-hybridized carbons (Fsp3) is 0.143. The number of terminal acetylenes is 1. The molecule has 0 spiro atoms. The molecule has 0 aliphatic heterocycles. The summed E-state index contributed by atoms with van der Waals surface area (Å²) < 4.78 is 0.417. The van der Waals surface area contributed by atoms with Gasteiger partial charge in [0, 0.05) is 6.20 Å². The number of carbonyl (C=O) groups is 1. The van der Waals surface area contributed by atoms with Crippen LogP contribution in [-0.2, 0) is 0 Å². The van der Waals surface area contributed by atoms with Gasteiger partial charge in [-0.15, -0.1) is 6.42 Å². The van der Waals surface area contributed by atoms with Crippen molar-refractivity contribution in [3.05, 3.63) is 16.7 Å². The molecule has 0 saturated heterocycles. The molecular weight excluding hydrogens is 174 g/mol. The van der Waals surface area contributed by atoms with E-state index in [1.165, 1.54) is 6.20 Å². The van der Waals surface area contributed by atoms with Gasteiger partial charge in [-0.1, -0.05) is 5.92 Å². The van der Waals surface area contributed by atoms with Gasteiger partial charge in [0.05, 0.1) is 6.54 Å². The van der Waals surface area contributed by atoms with E-state index in [4.69, 9.17) is 18.6 Å². The van der Waals surface area contributed by atoms with Gasteiger partial charge in [-0.3, -0.25) is 4.79 Å². The van der Waals surface area contributed by atoms with Gasteiger partial charge in [0.1, 0.15) is 5.69 Å². The van der Waals surface area contributed by atoms with E-state index < -0.39 is 0 Å². The minimum Gasteiger partial charge on any atom is -0.340 e. The summed E-state index contributed by atoms with van der Waals surface area (Å²) in [5, 5.41) is 2.49. The number of aromatic nitrogens is 2. The first kappa shape index (κ1) is 8.56. The average molecular weight is 181 g/mol. The van der Waals surface area contributed by atoms with Gasteiger partial charge in [-0.2, -0.15) is 0 Å². The summed E-state index contributed by atoms with van der Waals surface area (Å²) in [6, 6.07) is 0. The number of amides is 1. The van der Waals surface area contributed by atoms with Crippen molar-refractivity contribution in [3.63, 3.8) is 0 Å². The van der Waals surface area contributed by atoms with Crippen LogP contribution < -0.4 is 5.32 Å². The predicted molar refractivity (Wildman–Crippen MR) is 47.1 cm³/mol. The van der Waals surface area contributed by atoms with E-state index >= 15 is 0 Å². The molecule has 0 unspecified atom stereocenters. The molecule has 0 atom stereocenters. The lowest BCUT2D eigenvalue weighted by atomic mass is 10.4. The predicted octanol–water partition coefficient (Wildman–Crippen LogP) is 0.435. The van der Waals surface area contributed by atoms with E-state index in [0.29, 0.717) is 10.5 Å². The lowest BCUT2D eigenvalue weighted by Crippen LogP contribution is -2.23. The first-order valence-electron chi connectivity index (χ1n) is 3.23. The zero-order chi connectivity index (χ0) is 8.97. The standard InChI is InChI=1S/C7H7N3OS/c1-2-3-8-6(11)5-4-9-7(12)10-5/h1,4H,3H2,(H,8,11)(H2,9,10,12). The normalized spacial score (nSPS) is 8.92. The van der Waals surface area contributed by atoms with E-state index in [0.717, 1.165) is 0 Å². The van der Waals surface area contributed by atoms with Crippen molar-refractivity contribution in [2.75, 3.05) is 6.54 Å². The first-order chi connectivity index (χ1) is 5.74. The van der Waals surface area contributed by atoms with E-state index in [1.54, 1.807) is 0 Å². The van der Waals surface area contributed by atoms with Crippen LogP contribution in [0.25, 0.3) is 0 Å². The van der Waals surface area contributed by atoms with Gasteiger partial charge in [-0.25, -0.2) is 0 Å². The molecule has 0 bridgehead atoms. The number of nitrogens with one attached hydrogen (secondary N) is 3. The van der Waals surface area contributed by atoms with Crippen LogP contribution in [0.1, 0.15) is 10.5 Å². The molecule has 1 amide bonds. The number of hydrogen-bond donors (Lipinski definition) is 3. The van der Waals surface area contributed by atoms with Crippen molar-refractivity contribution in [2.24, 2.45) is 0 Å². The molecule has 4 nitrogen and oxygen atoms in total. The lowest BCUT2D eigenvalue weighted by Gasteiger charge is -1.95.